The topological polar surface area (TPSA) is 64.4 Å². The van der Waals surface area contributed by atoms with Gasteiger partial charge in [-0.1, -0.05) is 24.3 Å². The second-order valence-electron chi connectivity index (χ2n) is 7.21. The molecule has 28 heavy (non-hydrogen) atoms. The first-order valence-electron chi connectivity index (χ1n) is 9.55. The molecule has 0 bridgehead atoms. The van der Waals surface area contributed by atoms with E-state index >= 15 is 0 Å². The number of carbonyl (C=O) groups is 1. The number of fused-ring (bicyclic) bond motifs is 1. The van der Waals surface area contributed by atoms with Gasteiger partial charge in [0.2, 0.25) is 5.91 Å². The number of likely N-dealkylation sites (tertiary alicyclic amines) is 1. The quantitative estimate of drug-likeness (QED) is 0.701. The first-order valence-corrected chi connectivity index (χ1v) is 9.55. The monoisotopic (exact) mass is 377 g/mol. The molecule has 0 spiro atoms. The van der Waals surface area contributed by atoms with Crippen LogP contribution in [0, 0.1) is 6.92 Å². The van der Waals surface area contributed by atoms with Gasteiger partial charge in [0, 0.05) is 25.9 Å². The molecule has 0 N–H and O–H groups in total. The number of amides is 1. The maximum absolute atomic E-state index is 12.7. The van der Waals surface area contributed by atoms with Gasteiger partial charge in [-0.25, -0.2) is 4.98 Å². The number of hydrogen-bond donors (Lipinski definition) is 0. The molecule has 0 unspecified atom stereocenters. The third kappa shape index (κ3) is 3.91. The number of aromatic nitrogens is 2. The number of piperidine rings is 1. The van der Waals surface area contributed by atoms with Crippen LogP contribution in [0.3, 0.4) is 0 Å². The van der Waals surface area contributed by atoms with E-state index in [0.29, 0.717) is 24.0 Å². The maximum atomic E-state index is 12.7. The van der Waals surface area contributed by atoms with Gasteiger partial charge in [-0.15, -0.1) is 0 Å². The van der Waals surface area contributed by atoms with Gasteiger partial charge in [0.1, 0.15) is 18.4 Å². The molecule has 1 aliphatic heterocycles. The highest BCUT2D eigenvalue weighted by molar-refractivity contribution is 5.79. The van der Waals surface area contributed by atoms with Gasteiger partial charge in [0.25, 0.3) is 5.56 Å². The Morgan fingerprint density at radius 3 is 2.71 bits per heavy atom. The normalized spacial score (nSPS) is 15.0. The average molecular weight is 377 g/mol. The minimum absolute atomic E-state index is 0.0140. The molecule has 0 saturated carbocycles. The van der Waals surface area contributed by atoms with E-state index < -0.39 is 0 Å². The Labute approximate surface area is 163 Å². The van der Waals surface area contributed by atoms with Crippen LogP contribution in [0.15, 0.2) is 59.7 Å². The highest BCUT2D eigenvalue weighted by atomic mass is 16.5. The van der Waals surface area contributed by atoms with E-state index in [1.807, 2.05) is 37.3 Å². The second kappa shape index (κ2) is 7.84. The van der Waals surface area contributed by atoms with E-state index in [1.54, 1.807) is 23.1 Å². The average Bonchev–Trinajstić information content (AvgIpc) is 2.71. The van der Waals surface area contributed by atoms with Crippen molar-refractivity contribution in [1.29, 1.82) is 0 Å². The van der Waals surface area contributed by atoms with Crippen molar-refractivity contribution in [2.75, 3.05) is 13.1 Å². The van der Waals surface area contributed by atoms with Crippen molar-refractivity contribution in [3.8, 4) is 5.75 Å². The van der Waals surface area contributed by atoms with Crippen molar-refractivity contribution in [3.05, 3.63) is 70.8 Å². The van der Waals surface area contributed by atoms with Gasteiger partial charge < -0.3 is 9.64 Å². The largest absolute Gasteiger partial charge is 0.490 e. The zero-order valence-electron chi connectivity index (χ0n) is 15.9. The molecular formula is C22H23N3O3. The molecule has 6 nitrogen and oxygen atoms in total. The minimum atomic E-state index is -0.184. The van der Waals surface area contributed by atoms with Crippen LogP contribution in [0.5, 0.6) is 5.75 Å². The van der Waals surface area contributed by atoms with Crippen LogP contribution >= 0.6 is 0 Å². The van der Waals surface area contributed by atoms with Crippen molar-refractivity contribution < 1.29 is 9.53 Å². The van der Waals surface area contributed by atoms with Crippen molar-refractivity contribution in [2.24, 2.45) is 0 Å². The van der Waals surface area contributed by atoms with Crippen molar-refractivity contribution in [2.45, 2.75) is 32.4 Å². The lowest BCUT2D eigenvalue weighted by atomic mass is 10.1. The summed E-state index contributed by atoms with van der Waals surface area (Å²) in [6, 6.07) is 15.2. The molecule has 3 aromatic rings. The Morgan fingerprint density at radius 1 is 1.14 bits per heavy atom. The Hall–Kier alpha value is -3.15. The predicted octanol–water partition coefficient (Wildman–Crippen LogP) is 2.77. The first-order chi connectivity index (χ1) is 13.6. The summed E-state index contributed by atoms with van der Waals surface area (Å²) in [5, 5.41) is 0.531. The lowest BCUT2D eigenvalue weighted by molar-refractivity contribution is -0.133. The van der Waals surface area contributed by atoms with E-state index in [-0.39, 0.29) is 24.1 Å². The third-order valence-electron chi connectivity index (χ3n) is 5.12. The first kappa shape index (κ1) is 18.2. The van der Waals surface area contributed by atoms with Gasteiger partial charge in [-0.05, 0) is 36.8 Å². The summed E-state index contributed by atoms with van der Waals surface area (Å²) in [7, 11) is 0. The van der Waals surface area contributed by atoms with Crippen LogP contribution in [0.2, 0.25) is 0 Å². The molecule has 2 aromatic carbocycles. The molecule has 144 valence electrons. The van der Waals surface area contributed by atoms with E-state index in [4.69, 9.17) is 4.74 Å². The molecule has 0 atom stereocenters. The highest BCUT2D eigenvalue weighted by Gasteiger charge is 2.24. The van der Waals surface area contributed by atoms with E-state index in [0.717, 1.165) is 18.6 Å². The number of carbonyl (C=O) groups excluding carboxylic acids is 1. The number of benzene rings is 2. The van der Waals surface area contributed by atoms with Gasteiger partial charge in [0.15, 0.2) is 0 Å². The predicted molar refractivity (Wildman–Crippen MR) is 107 cm³/mol. The Bertz CT molecular complexity index is 1050. The molecule has 2 heterocycles. The van der Waals surface area contributed by atoms with Crippen molar-refractivity contribution in [1.82, 2.24) is 14.5 Å². The molecule has 1 saturated heterocycles. The van der Waals surface area contributed by atoms with Crippen LogP contribution in [0.4, 0.5) is 0 Å². The van der Waals surface area contributed by atoms with Crippen LogP contribution in [0.1, 0.15) is 18.4 Å². The van der Waals surface area contributed by atoms with Crippen LogP contribution < -0.4 is 10.3 Å². The Kier molecular flexibility index (Phi) is 5.10. The fourth-order valence-corrected chi connectivity index (χ4v) is 3.57. The van der Waals surface area contributed by atoms with Gasteiger partial charge in [-0.3, -0.25) is 14.2 Å². The summed E-state index contributed by atoms with van der Waals surface area (Å²) in [6.45, 7) is 3.31. The van der Waals surface area contributed by atoms with E-state index in [9.17, 15) is 9.59 Å². The summed E-state index contributed by atoms with van der Waals surface area (Å²) in [6.07, 6.45) is 3.13. The standard InChI is InChI=1S/C22H23N3O3/c1-16-5-4-6-18(13-16)28-17-9-11-24(12-10-17)21(26)14-25-15-23-20-8-3-2-7-19(20)22(25)27/h2-8,13,15,17H,9-12,14H2,1H3. The third-order valence-corrected chi connectivity index (χ3v) is 5.12. The van der Waals surface area contributed by atoms with Crippen LogP contribution in [0.25, 0.3) is 10.9 Å². The summed E-state index contributed by atoms with van der Waals surface area (Å²) in [4.78, 5) is 31.3. The number of rotatable bonds is 4. The summed E-state index contributed by atoms with van der Waals surface area (Å²) in [5.74, 6) is 0.812. The minimum Gasteiger partial charge on any atom is -0.490 e. The van der Waals surface area contributed by atoms with Crippen LogP contribution in [-0.2, 0) is 11.3 Å². The number of aryl methyl sites for hydroxylation is 1. The lowest BCUT2D eigenvalue weighted by Crippen LogP contribution is -2.44. The second-order valence-corrected chi connectivity index (χ2v) is 7.21. The molecule has 1 aromatic heterocycles. The summed E-state index contributed by atoms with van der Waals surface area (Å²) >= 11 is 0. The number of hydrogen-bond acceptors (Lipinski definition) is 4. The molecule has 1 fully saturated rings. The van der Waals surface area contributed by atoms with E-state index in [1.165, 1.54) is 16.5 Å². The summed E-state index contributed by atoms with van der Waals surface area (Å²) < 4.78 is 7.44. The molecule has 0 radical (unpaired) electrons. The number of ether oxygens (including phenoxy) is 1. The molecule has 0 aliphatic carbocycles. The van der Waals surface area contributed by atoms with Gasteiger partial charge in [-0.2, -0.15) is 0 Å². The summed E-state index contributed by atoms with van der Waals surface area (Å²) in [5.41, 5.74) is 1.63. The van der Waals surface area contributed by atoms with E-state index in [2.05, 4.69) is 4.98 Å². The Balaban J connectivity index is 1.37. The zero-order valence-corrected chi connectivity index (χ0v) is 15.9. The smallest absolute Gasteiger partial charge is 0.261 e. The van der Waals surface area contributed by atoms with Crippen molar-refractivity contribution >= 4 is 16.8 Å². The molecule has 4 rings (SSSR count). The molecule has 6 heteroatoms. The van der Waals surface area contributed by atoms with Gasteiger partial charge >= 0.3 is 0 Å². The van der Waals surface area contributed by atoms with Gasteiger partial charge in [0.05, 0.1) is 17.2 Å². The number of para-hydroxylation sites is 1. The van der Waals surface area contributed by atoms with Crippen LogP contribution in [-0.4, -0.2) is 39.6 Å². The molecular weight excluding hydrogens is 354 g/mol. The maximum Gasteiger partial charge on any atom is 0.261 e. The zero-order chi connectivity index (χ0) is 19.5. The Morgan fingerprint density at radius 2 is 1.93 bits per heavy atom. The molecule has 1 amide bonds. The fourth-order valence-electron chi connectivity index (χ4n) is 3.57. The fraction of sp³-hybridized carbons (Fsp3) is 0.318. The SMILES string of the molecule is Cc1cccc(OC2CCN(C(=O)Cn3cnc4ccccc4c3=O)CC2)c1. The van der Waals surface area contributed by atoms with Crippen molar-refractivity contribution in [3.63, 3.8) is 0 Å². The number of nitrogens with zero attached hydrogens (tertiary/aromatic N) is 3. The molecule has 1 aliphatic rings. The highest BCUT2D eigenvalue weighted by Crippen LogP contribution is 2.20. The lowest BCUT2D eigenvalue weighted by Gasteiger charge is -2.32.